The molecule has 0 bridgehead atoms. The van der Waals surface area contributed by atoms with Crippen molar-refractivity contribution in [1.29, 1.82) is 0 Å². The van der Waals surface area contributed by atoms with E-state index in [1.54, 1.807) is 13.8 Å². The minimum Gasteiger partial charge on any atom is -0.462 e. The molecule has 0 aromatic carbocycles. The minimum atomic E-state index is -0.422. The van der Waals surface area contributed by atoms with Gasteiger partial charge in [-0.1, -0.05) is 0 Å². The van der Waals surface area contributed by atoms with Crippen molar-refractivity contribution in [3.05, 3.63) is 17.5 Å². The van der Waals surface area contributed by atoms with Crippen LogP contribution in [-0.4, -0.2) is 40.8 Å². The Balaban J connectivity index is 2.78. The third kappa shape index (κ3) is 3.16. The summed E-state index contributed by atoms with van der Waals surface area (Å²) < 4.78 is 4.85. The number of carbonyl (C=O) groups excluding carboxylic acids is 1. The van der Waals surface area contributed by atoms with Crippen LogP contribution in [0, 0.1) is 6.92 Å². The molecule has 0 saturated carbocycles. The molecule has 1 heterocycles. The largest absolute Gasteiger partial charge is 0.462 e. The summed E-state index contributed by atoms with van der Waals surface area (Å²) in [6.07, 6.45) is 1.42. The van der Waals surface area contributed by atoms with E-state index < -0.39 is 5.97 Å². The SMILES string of the molecule is CCOC(=O)c1cnc(NCCO)nc1C. The van der Waals surface area contributed by atoms with Gasteiger partial charge in [0.05, 0.1) is 24.5 Å². The van der Waals surface area contributed by atoms with Gasteiger partial charge in [-0.05, 0) is 13.8 Å². The zero-order valence-corrected chi connectivity index (χ0v) is 9.36. The Morgan fingerprint density at radius 2 is 2.38 bits per heavy atom. The summed E-state index contributed by atoms with van der Waals surface area (Å²) in [5.74, 6) is -0.0340. The van der Waals surface area contributed by atoms with Crippen LogP contribution in [0.4, 0.5) is 5.95 Å². The van der Waals surface area contributed by atoms with Gasteiger partial charge in [-0.15, -0.1) is 0 Å². The van der Waals surface area contributed by atoms with Crippen molar-refractivity contribution in [3.63, 3.8) is 0 Å². The first-order valence-corrected chi connectivity index (χ1v) is 5.04. The average molecular weight is 225 g/mol. The highest BCUT2D eigenvalue weighted by molar-refractivity contribution is 5.90. The molecule has 0 amide bonds. The summed E-state index contributed by atoms with van der Waals surface area (Å²) in [4.78, 5) is 19.5. The van der Waals surface area contributed by atoms with Gasteiger partial charge in [0.15, 0.2) is 0 Å². The molecule has 0 radical (unpaired) electrons. The smallest absolute Gasteiger partial charge is 0.341 e. The van der Waals surface area contributed by atoms with E-state index in [1.165, 1.54) is 6.20 Å². The molecule has 1 aromatic rings. The van der Waals surface area contributed by atoms with Crippen LogP contribution in [0.1, 0.15) is 23.0 Å². The Morgan fingerprint density at radius 1 is 1.62 bits per heavy atom. The molecule has 0 unspecified atom stereocenters. The molecule has 2 N–H and O–H groups in total. The van der Waals surface area contributed by atoms with E-state index in [-0.39, 0.29) is 6.61 Å². The number of nitrogens with zero attached hydrogens (tertiary/aromatic N) is 2. The van der Waals surface area contributed by atoms with E-state index in [1.807, 2.05) is 0 Å². The molecular weight excluding hydrogens is 210 g/mol. The number of aliphatic hydroxyl groups is 1. The van der Waals surface area contributed by atoms with Gasteiger partial charge < -0.3 is 15.2 Å². The zero-order valence-electron chi connectivity index (χ0n) is 9.36. The predicted molar refractivity (Wildman–Crippen MR) is 58.3 cm³/mol. The number of hydrogen-bond acceptors (Lipinski definition) is 6. The molecule has 6 nitrogen and oxygen atoms in total. The number of hydrogen-bond donors (Lipinski definition) is 2. The van der Waals surface area contributed by atoms with E-state index in [4.69, 9.17) is 9.84 Å². The fraction of sp³-hybridized carbons (Fsp3) is 0.500. The lowest BCUT2D eigenvalue weighted by Gasteiger charge is -2.07. The number of aliphatic hydroxyl groups excluding tert-OH is 1. The number of anilines is 1. The number of aromatic nitrogens is 2. The van der Waals surface area contributed by atoms with Gasteiger partial charge in [0.25, 0.3) is 0 Å². The van der Waals surface area contributed by atoms with Crippen molar-refractivity contribution in [2.45, 2.75) is 13.8 Å². The lowest BCUT2D eigenvalue weighted by atomic mass is 10.2. The zero-order chi connectivity index (χ0) is 12.0. The predicted octanol–water partition coefficient (Wildman–Crippen LogP) is 0.366. The fourth-order valence-electron chi connectivity index (χ4n) is 1.13. The summed E-state index contributed by atoms with van der Waals surface area (Å²) in [7, 11) is 0. The first-order valence-electron chi connectivity index (χ1n) is 5.04. The molecule has 6 heteroatoms. The standard InChI is InChI=1S/C10H15N3O3/c1-3-16-9(15)8-6-12-10(11-4-5-14)13-7(8)2/h6,14H,3-5H2,1-2H3,(H,11,12,13). The highest BCUT2D eigenvalue weighted by atomic mass is 16.5. The molecule has 0 aliphatic heterocycles. The molecule has 0 aliphatic rings. The number of aryl methyl sites for hydroxylation is 1. The topological polar surface area (TPSA) is 84.3 Å². The van der Waals surface area contributed by atoms with Crippen LogP contribution in [0.2, 0.25) is 0 Å². The maximum Gasteiger partial charge on any atom is 0.341 e. The Morgan fingerprint density at radius 3 is 2.94 bits per heavy atom. The lowest BCUT2D eigenvalue weighted by Crippen LogP contribution is -2.13. The molecular formula is C10H15N3O3. The van der Waals surface area contributed by atoms with Crippen molar-refractivity contribution in [1.82, 2.24) is 9.97 Å². The van der Waals surface area contributed by atoms with Crippen LogP contribution in [0.15, 0.2) is 6.20 Å². The van der Waals surface area contributed by atoms with Gasteiger partial charge in [0.2, 0.25) is 5.95 Å². The molecule has 1 aromatic heterocycles. The lowest BCUT2D eigenvalue weighted by molar-refractivity contribution is 0.0524. The summed E-state index contributed by atoms with van der Waals surface area (Å²) in [5.41, 5.74) is 0.908. The van der Waals surface area contributed by atoms with Crippen LogP contribution in [-0.2, 0) is 4.74 Å². The summed E-state index contributed by atoms with van der Waals surface area (Å²) in [6, 6.07) is 0. The molecule has 0 atom stereocenters. The second-order valence-electron chi connectivity index (χ2n) is 3.06. The van der Waals surface area contributed by atoms with Crippen molar-refractivity contribution in [3.8, 4) is 0 Å². The van der Waals surface area contributed by atoms with Crippen LogP contribution in [0.25, 0.3) is 0 Å². The van der Waals surface area contributed by atoms with Crippen molar-refractivity contribution in [2.75, 3.05) is 25.1 Å². The fourth-order valence-corrected chi connectivity index (χ4v) is 1.13. The van der Waals surface area contributed by atoms with E-state index in [9.17, 15) is 4.79 Å². The number of rotatable bonds is 5. The Hall–Kier alpha value is -1.69. The molecule has 16 heavy (non-hydrogen) atoms. The molecule has 0 aliphatic carbocycles. The van der Waals surface area contributed by atoms with E-state index in [0.717, 1.165) is 0 Å². The Bertz CT molecular complexity index is 368. The first-order chi connectivity index (χ1) is 7.69. The number of esters is 1. The van der Waals surface area contributed by atoms with Crippen LogP contribution in [0.3, 0.4) is 0 Å². The molecule has 0 fully saturated rings. The third-order valence-corrected chi connectivity index (χ3v) is 1.87. The van der Waals surface area contributed by atoms with Gasteiger partial charge in [-0.25, -0.2) is 14.8 Å². The van der Waals surface area contributed by atoms with Crippen molar-refractivity contribution in [2.24, 2.45) is 0 Å². The number of nitrogens with one attached hydrogen (secondary N) is 1. The normalized spacial score (nSPS) is 9.94. The van der Waals surface area contributed by atoms with Crippen molar-refractivity contribution < 1.29 is 14.6 Å². The van der Waals surface area contributed by atoms with Crippen LogP contribution in [0.5, 0.6) is 0 Å². The molecule has 1 rings (SSSR count). The second kappa shape index (κ2) is 6.02. The summed E-state index contributed by atoms with van der Waals surface area (Å²) in [5, 5.41) is 11.4. The Kier molecular flexibility index (Phi) is 4.65. The average Bonchev–Trinajstić information content (AvgIpc) is 2.26. The molecule has 0 saturated heterocycles. The second-order valence-corrected chi connectivity index (χ2v) is 3.06. The monoisotopic (exact) mass is 225 g/mol. The molecule has 0 spiro atoms. The summed E-state index contributed by atoms with van der Waals surface area (Å²) in [6.45, 7) is 4.15. The van der Waals surface area contributed by atoms with E-state index in [2.05, 4.69) is 15.3 Å². The van der Waals surface area contributed by atoms with E-state index >= 15 is 0 Å². The number of carbonyl (C=O) groups is 1. The maximum absolute atomic E-state index is 11.4. The Labute approximate surface area is 93.7 Å². The third-order valence-electron chi connectivity index (χ3n) is 1.87. The van der Waals surface area contributed by atoms with Crippen LogP contribution < -0.4 is 5.32 Å². The first kappa shape index (κ1) is 12.4. The molecule has 88 valence electrons. The summed E-state index contributed by atoms with van der Waals surface area (Å²) >= 11 is 0. The van der Waals surface area contributed by atoms with Gasteiger partial charge in [0.1, 0.15) is 0 Å². The van der Waals surface area contributed by atoms with E-state index in [0.29, 0.717) is 30.4 Å². The van der Waals surface area contributed by atoms with Gasteiger partial charge in [0, 0.05) is 12.7 Å². The minimum absolute atomic E-state index is 0.00202. The van der Waals surface area contributed by atoms with Crippen LogP contribution >= 0.6 is 0 Å². The van der Waals surface area contributed by atoms with Crippen molar-refractivity contribution >= 4 is 11.9 Å². The quantitative estimate of drug-likeness (QED) is 0.704. The van der Waals surface area contributed by atoms with Gasteiger partial charge in [-0.2, -0.15) is 0 Å². The van der Waals surface area contributed by atoms with Gasteiger partial charge >= 0.3 is 5.97 Å². The highest BCUT2D eigenvalue weighted by Crippen LogP contribution is 2.08. The highest BCUT2D eigenvalue weighted by Gasteiger charge is 2.12. The maximum atomic E-state index is 11.4. The van der Waals surface area contributed by atoms with Gasteiger partial charge in [-0.3, -0.25) is 0 Å². The number of ether oxygens (including phenoxy) is 1.